The van der Waals surface area contributed by atoms with Crippen LogP contribution in [-0.4, -0.2) is 35.5 Å². The molecule has 1 unspecified atom stereocenters. The minimum atomic E-state index is -3.81. The summed E-state index contributed by atoms with van der Waals surface area (Å²) in [7, 11) is -3.81. The number of halogens is 1. The molecule has 1 aliphatic carbocycles. The third kappa shape index (κ3) is 4.28. The maximum absolute atomic E-state index is 12.8. The van der Waals surface area contributed by atoms with Crippen LogP contribution in [0.4, 0.5) is 0 Å². The van der Waals surface area contributed by atoms with Gasteiger partial charge in [-0.05, 0) is 48.4 Å². The van der Waals surface area contributed by atoms with Crippen molar-refractivity contribution in [2.45, 2.75) is 56.2 Å². The zero-order chi connectivity index (χ0) is 18.9. The Hall–Kier alpha value is -1.41. The van der Waals surface area contributed by atoms with Gasteiger partial charge in [-0.25, -0.2) is 13.1 Å². The van der Waals surface area contributed by atoms with Gasteiger partial charge in [-0.15, -0.1) is 0 Å². The lowest BCUT2D eigenvalue weighted by Crippen LogP contribution is -2.40. The Labute approximate surface area is 159 Å². The summed E-state index contributed by atoms with van der Waals surface area (Å²) >= 11 is 6.14. The minimum Gasteiger partial charge on any atom is -0.391 e. The Morgan fingerprint density at radius 3 is 2.81 bits per heavy atom. The van der Waals surface area contributed by atoms with Gasteiger partial charge in [-0.1, -0.05) is 31.5 Å². The van der Waals surface area contributed by atoms with Gasteiger partial charge < -0.3 is 5.11 Å². The Bertz CT molecular complexity index is 853. The van der Waals surface area contributed by atoms with Crippen molar-refractivity contribution < 1.29 is 13.5 Å². The van der Waals surface area contributed by atoms with Crippen molar-refractivity contribution in [1.82, 2.24) is 14.5 Å². The summed E-state index contributed by atoms with van der Waals surface area (Å²) in [6, 6.07) is 6.36. The van der Waals surface area contributed by atoms with E-state index < -0.39 is 22.2 Å². The molecule has 3 rings (SSSR count). The van der Waals surface area contributed by atoms with Crippen molar-refractivity contribution in [2.24, 2.45) is 5.92 Å². The lowest BCUT2D eigenvalue weighted by molar-refractivity contribution is 0.154. The van der Waals surface area contributed by atoms with Crippen LogP contribution in [0.15, 0.2) is 41.6 Å². The van der Waals surface area contributed by atoms with Crippen molar-refractivity contribution >= 4 is 21.6 Å². The molecule has 1 heterocycles. The van der Waals surface area contributed by atoms with Crippen molar-refractivity contribution in [1.29, 1.82) is 0 Å². The summed E-state index contributed by atoms with van der Waals surface area (Å²) in [6.45, 7) is 4.65. The summed E-state index contributed by atoms with van der Waals surface area (Å²) in [5.41, 5.74) is 0.901. The van der Waals surface area contributed by atoms with Crippen LogP contribution in [0.3, 0.4) is 0 Å². The molecule has 0 amide bonds. The molecule has 1 aliphatic rings. The summed E-state index contributed by atoms with van der Waals surface area (Å²) in [5.74, 6) is 0.354. The number of aliphatic hydroxyl groups excluding tert-OH is 1. The van der Waals surface area contributed by atoms with Crippen LogP contribution in [0.5, 0.6) is 0 Å². The molecule has 8 heteroatoms. The van der Waals surface area contributed by atoms with Crippen LogP contribution in [0.2, 0.25) is 5.02 Å². The topological polar surface area (TPSA) is 84.2 Å². The second kappa shape index (κ2) is 7.68. The minimum absolute atomic E-state index is 0.0630. The molecule has 1 saturated carbocycles. The van der Waals surface area contributed by atoms with Crippen LogP contribution < -0.4 is 4.72 Å². The Morgan fingerprint density at radius 2 is 2.15 bits per heavy atom. The number of hydrogen-bond donors (Lipinski definition) is 2. The fourth-order valence-electron chi connectivity index (χ4n) is 3.41. The number of sulfonamides is 1. The van der Waals surface area contributed by atoms with Crippen LogP contribution in [0.25, 0.3) is 0 Å². The molecule has 6 nitrogen and oxygen atoms in total. The van der Waals surface area contributed by atoms with Gasteiger partial charge in [0, 0.05) is 25.0 Å². The first-order chi connectivity index (χ1) is 12.3. The largest absolute Gasteiger partial charge is 0.391 e. The highest BCUT2D eigenvalue weighted by Crippen LogP contribution is 2.31. The van der Waals surface area contributed by atoms with Crippen LogP contribution >= 0.6 is 11.6 Å². The van der Waals surface area contributed by atoms with Crippen molar-refractivity contribution in [3.8, 4) is 0 Å². The fraction of sp³-hybridized carbons (Fsp3) is 0.500. The quantitative estimate of drug-likeness (QED) is 0.784. The van der Waals surface area contributed by atoms with E-state index >= 15 is 0 Å². The number of hydrogen-bond acceptors (Lipinski definition) is 4. The Morgan fingerprint density at radius 1 is 1.38 bits per heavy atom. The van der Waals surface area contributed by atoms with Crippen molar-refractivity contribution in [2.75, 3.05) is 0 Å². The van der Waals surface area contributed by atoms with E-state index in [1.807, 2.05) is 32.2 Å². The van der Waals surface area contributed by atoms with E-state index in [4.69, 9.17) is 11.6 Å². The average molecular weight is 398 g/mol. The molecule has 0 spiro atoms. The van der Waals surface area contributed by atoms with E-state index in [0.717, 1.165) is 5.56 Å². The van der Waals surface area contributed by atoms with Gasteiger partial charge in [0.25, 0.3) is 0 Å². The summed E-state index contributed by atoms with van der Waals surface area (Å²) in [4.78, 5) is 0.0630. The smallest absolute Gasteiger partial charge is 0.242 e. The van der Waals surface area contributed by atoms with Crippen LogP contribution in [0, 0.1) is 5.92 Å². The van der Waals surface area contributed by atoms with Crippen LogP contribution in [-0.2, 0) is 16.6 Å². The Balaban J connectivity index is 1.74. The third-order valence-corrected chi connectivity index (χ3v) is 6.82. The number of nitrogens with zero attached hydrogens (tertiary/aromatic N) is 2. The van der Waals surface area contributed by atoms with Gasteiger partial charge in [0.1, 0.15) is 4.90 Å². The van der Waals surface area contributed by atoms with Crippen molar-refractivity contribution in [3.05, 3.63) is 47.2 Å². The first-order valence-corrected chi connectivity index (χ1v) is 10.6. The average Bonchev–Trinajstić information content (AvgIpc) is 3.17. The lowest BCUT2D eigenvalue weighted by Gasteiger charge is -2.18. The Kier molecular flexibility index (Phi) is 5.72. The monoisotopic (exact) mass is 397 g/mol. The van der Waals surface area contributed by atoms with Gasteiger partial charge in [0.2, 0.25) is 10.0 Å². The van der Waals surface area contributed by atoms with Crippen molar-refractivity contribution in [3.63, 3.8) is 0 Å². The van der Waals surface area contributed by atoms with Gasteiger partial charge in [0.15, 0.2) is 0 Å². The molecular formula is C18H24ClN3O3S. The molecule has 142 valence electrons. The third-order valence-electron chi connectivity index (χ3n) is 4.85. The van der Waals surface area contributed by atoms with Crippen LogP contribution in [0.1, 0.15) is 38.2 Å². The van der Waals surface area contributed by atoms with E-state index in [0.29, 0.717) is 19.4 Å². The molecule has 1 aromatic heterocycles. The highest BCUT2D eigenvalue weighted by atomic mass is 35.5. The first kappa shape index (κ1) is 19.4. The number of aromatic nitrogens is 2. The molecule has 0 radical (unpaired) electrons. The molecule has 0 aliphatic heterocycles. The molecule has 0 saturated heterocycles. The molecule has 3 atom stereocenters. The summed E-state index contributed by atoms with van der Waals surface area (Å²) in [5, 5.41) is 14.7. The van der Waals surface area contributed by atoms with E-state index in [1.54, 1.807) is 23.0 Å². The zero-order valence-electron chi connectivity index (χ0n) is 14.8. The molecular weight excluding hydrogens is 374 g/mol. The van der Waals surface area contributed by atoms with E-state index in [1.165, 1.54) is 0 Å². The van der Waals surface area contributed by atoms with Gasteiger partial charge in [0.05, 0.1) is 11.1 Å². The standard InChI is InChI=1S/C18H24ClN3O3S/c1-12(2)14-4-5-15(19)18(10-14)26(24,25)21-16-8-13(9-17(16)23)11-22-7-3-6-20-22/h3-7,10,12-13,16-17,21,23H,8-9,11H2,1-2H3/t13?,16-,17-/m1/s1. The molecule has 2 N–H and O–H groups in total. The van der Waals surface area contributed by atoms with E-state index in [-0.39, 0.29) is 21.8 Å². The van der Waals surface area contributed by atoms with Gasteiger partial charge >= 0.3 is 0 Å². The van der Waals surface area contributed by atoms with Gasteiger partial charge in [-0.3, -0.25) is 4.68 Å². The highest BCUT2D eigenvalue weighted by Gasteiger charge is 2.36. The van der Waals surface area contributed by atoms with E-state index in [9.17, 15) is 13.5 Å². The SMILES string of the molecule is CC(C)c1ccc(Cl)c(S(=O)(=O)N[C@@H]2CC(Cn3cccn3)C[C@H]2O)c1. The summed E-state index contributed by atoms with van der Waals surface area (Å²) < 4.78 is 30.1. The van der Waals surface area contributed by atoms with E-state index in [2.05, 4.69) is 9.82 Å². The van der Waals surface area contributed by atoms with Gasteiger partial charge in [-0.2, -0.15) is 5.10 Å². The maximum Gasteiger partial charge on any atom is 0.242 e. The number of rotatable bonds is 6. The molecule has 1 fully saturated rings. The molecule has 0 bridgehead atoms. The second-order valence-electron chi connectivity index (χ2n) is 7.21. The molecule has 26 heavy (non-hydrogen) atoms. The molecule has 2 aromatic rings. The fourth-order valence-corrected chi connectivity index (χ4v) is 5.23. The maximum atomic E-state index is 12.8. The number of benzene rings is 1. The normalized spacial score (nSPS) is 23.7. The second-order valence-corrected chi connectivity index (χ2v) is 9.29. The predicted octanol–water partition coefficient (Wildman–Crippen LogP) is 2.78. The lowest BCUT2D eigenvalue weighted by atomic mass is 10.0. The first-order valence-electron chi connectivity index (χ1n) is 8.73. The number of nitrogens with one attached hydrogen (secondary N) is 1. The molecule has 1 aromatic carbocycles. The highest BCUT2D eigenvalue weighted by molar-refractivity contribution is 7.89. The number of aliphatic hydroxyl groups is 1. The zero-order valence-corrected chi connectivity index (χ0v) is 16.4. The predicted molar refractivity (Wildman–Crippen MR) is 101 cm³/mol. The summed E-state index contributed by atoms with van der Waals surface area (Å²) in [6.07, 6.45) is 3.93.